The minimum absolute atomic E-state index is 0.0222. The van der Waals surface area contributed by atoms with Gasteiger partial charge in [-0.05, 0) is 61.9 Å². The summed E-state index contributed by atoms with van der Waals surface area (Å²) in [6.07, 6.45) is 4.34. The van der Waals surface area contributed by atoms with Gasteiger partial charge in [0.15, 0.2) is 0 Å². The van der Waals surface area contributed by atoms with Gasteiger partial charge in [-0.2, -0.15) is 0 Å². The largest absolute Gasteiger partial charge is 0.493 e. The molecule has 12 heteroatoms. The van der Waals surface area contributed by atoms with Crippen molar-refractivity contribution in [1.82, 2.24) is 15.3 Å². The Bertz CT molecular complexity index is 1730. The number of carbonyl (C=O) groups is 3. The first kappa shape index (κ1) is 32.2. The summed E-state index contributed by atoms with van der Waals surface area (Å²) in [7, 11) is 1.55. The molecule has 44 heavy (non-hydrogen) atoms. The van der Waals surface area contributed by atoms with Crippen LogP contribution in [0.3, 0.4) is 0 Å². The second-order valence-electron chi connectivity index (χ2n) is 9.66. The lowest BCUT2D eigenvalue weighted by molar-refractivity contribution is -0.122. The van der Waals surface area contributed by atoms with Gasteiger partial charge in [0.05, 0.1) is 23.9 Å². The Morgan fingerprint density at radius 2 is 1.84 bits per heavy atom. The van der Waals surface area contributed by atoms with Crippen molar-refractivity contribution < 1.29 is 23.9 Å². The Labute approximate surface area is 265 Å². The highest BCUT2D eigenvalue weighted by atomic mass is 35.5. The van der Waals surface area contributed by atoms with Crippen molar-refractivity contribution in [3.05, 3.63) is 87.7 Å². The number of pyridine rings is 2. The number of hydrogen-bond acceptors (Lipinski definition) is 7. The van der Waals surface area contributed by atoms with Crippen molar-refractivity contribution in [1.29, 1.82) is 0 Å². The monoisotopic (exact) mass is 635 g/mol. The number of benzene rings is 2. The molecule has 0 aliphatic heterocycles. The molecule has 4 rings (SSSR count). The van der Waals surface area contributed by atoms with Crippen molar-refractivity contribution in [2.24, 2.45) is 0 Å². The summed E-state index contributed by atoms with van der Waals surface area (Å²) in [5, 5.41) is 6.56. The van der Waals surface area contributed by atoms with Crippen LogP contribution in [-0.2, 0) is 21.0 Å². The zero-order valence-electron chi connectivity index (χ0n) is 24.6. The topological polar surface area (TPSA) is 123 Å². The summed E-state index contributed by atoms with van der Waals surface area (Å²) in [6, 6.07) is 14.0. The Hall–Kier alpha value is -4.67. The molecule has 3 amide bonds. The maximum absolute atomic E-state index is 12.9. The van der Waals surface area contributed by atoms with Crippen LogP contribution in [0.25, 0.3) is 17.0 Å². The van der Waals surface area contributed by atoms with Gasteiger partial charge in [-0.25, -0.2) is 9.97 Å². The van der Waals surface area contributed by atoms with E-state index in [1.54, 1.807) is 43.5 Å². The average Bonchev–Trinajstić information content (AvgIpc) is 2.99. The van der Waals surface area contributed by atoms with E-state index in [-0.39, 0.29) is 24.1 Å². The lowest BCUT2D eigenvalue weighted by atomic mass is 10.1. The Kier molecular flexibility index (Phi) is 10.8. The molecule has 0 aliphatic carbocycles. The number of aromatic nitrogens is 2. The molecule has 2 N–H and O–H groups in total. The average molecular weight is 637 g/mol. The maximum atomic E-state index is 12.9. The molecule has 0 bridgehead atoms. The molecule has 0 radical (unpaired) electrons. The van der Waals surface area contributed by atoms with Crippen molar-refractivity contribution in [3.8, 4) is 11.5 Å². The third-order valence-electron chi connectivity index (χ3n) is 6.40. The zero-order chi connectivity index (χ0) is 31.8. The number of ether oxygens (including phenoxy) is 2. The Morgan fingerprint density at radius 1 is 1.05 bits per heavy atom. The molecular weight excluding hydrogens is 605 g/mol. The number of carbonyl (C=O) groups excluding carboxylic acids is 3. The summed E-state index contributed by atoms with van der Waals surface area (Å²) in [4.78, 5) is 46.5. The van der Waals surface area contributed by atoms with E-state index in [2.05, 4.69) is 20.6 Å². The fourth-order valence-corrected chi connectivity index (χ4v) is 4.84. The number of rotatable bonds is 11. The minimum Gasteiger partial charge on any atom is -0.493 e. The van der Waals surface area contributed by atoms with E-state index in [0.717, 1.165) is 16.8 Å². The molecule has 2 aromatic heterocycles. The van der Waals surface area contributed by atoms with Gasteiger partial charge in [-0.15, -0.1) is 0 Å². The molecule has 228 valence electrons. The molecule has 10 nitrogen and oxygen atoms in total. The summed E-state index contributed by atoms with van der Waals surface area (Å²) in [5.41, 5.74) is 2.97. The first-order chi connectivity index (χ1) is 21.1. The number of nitrogens with one attached hydrogen (secondary N) is 2. The van der Waals surface area contributed by atoms with E-state index in [0.29, 0.717) is 45.5 Å². The SMILES string of the molecule is CCOc1cc(C)nc2c(OCc3c(Cl)ccc(N(C)C(=O)CNC(=O)/C=C/c4ccc(NC(C)=O)nc4)c3Cl)cccc12. The van der Waals surface area contributed by atoms with Gasteiger partial charge in [-0.3, -0.25) is 14.4 Å². The molecule has 0 aliphatic rings. The number of halogens is 2. The molecule has 2 aromatic carbocycles. The second kappa shape index (κ2) is 14.7. The third kappa shape index (κ3) is 8.03. The van der Waals surface area contributed by atoms with E-state index >= 15 is 0 Å². The fourth-order valence-electron chi connectivity index (χ4n) is 4.24. The first-order valence-electron chi connectivity index (χ1n) is 13.7. The van der Waals surface area contributed by atoms with Gasteiger partial charge in [0, 0.05) is 54.0 Å². The minimum atomic E-state index is -0.472. The lowest BCUT2D eigenvalue weighted by Crippen LogP contribution is -2.37. The van der Waals surface area contributed by atoms with Crippen LogP contribution in [-0.4, -0.2) is 47.9 Å². The molecule has 0 spiro atoms. The Balaban J connectivity index is 1.41. The number of nitrogens with zero attached hydrogens (tertiary/aromatic N) is 3. The fraction of sp³-hybridized carbons (Fsp3) is 0.219. The number of likely N-dealkylation sites (N-methyl/N-ethyl adjacent to an activating group) is 1. The smallest absolute Gasteiger partial charge is 0.246 e. The van der Waals surface area contributed by atoms with Crippen molar-refractivity contribution in [2.75, 3.05) is 30.4 Å². The number of anilines is 2. The summed E-state index contributed by atoms with van der Waals surface area (Å²) in [5.74, 6) is 0.547. The van der Waals surface area contributed by atoms with Crippen LogP contribution in [0.1, 0.15) is 30.7 Å². The van der Waals surface area contributed by atoms with E-state index in [9.17, 15) is 14.4 Å². The normalized spacial score (nSPS) is 11.0. The summed E-state index contributed by atoms with van der Waals surface area (Å²) in [6.45, 7) is 5.46. The van der Waals surface area contributed by atoms with Crippen LogP contribution in [0.15, 0.2) is 60.8 Å². The van der Waals surface area contributed by atoms with Crippen LogP contribution in [0.5, 0.6) is 11.5 Å². The van der Waals surface area contributed by atoms with Gasteiger partial charge >= 0.3 is 0 Å². The number of para-hydroxylation sites is 1. The highest BCUT2D eigenvalue weighted by Gasteiger charge is 2.20. The van der Waals surface area contributed by atoms with Crippen LogP contribution >= 0.6 is 23.2 Å². The summed E-state index contributed by atoms with van der Waals surface area (Å²) < 4.78 is 11.9. The van der Waals surface area contributed by atoms with Crippen LogP contribution in [0.2, 0.25) is 10.0 Å². The van der Waals surface area contributed by atoms with Crippen molar-refractivity contribution in [3.63, 3.8) is 0 Å². The molecule has 0 atom stereocenters. The molecule has 0 fully saturated rings. The first-order valence-corrected chi connectivity index (χ1v) is 14.4. The third-order valence-corrected chi connectivity index (χ3v) is 7.17. The van der Waals surface area contributed by atoms with Gasteiger partial charge in [0.2, 0.25) is 17.7 Å². The number of hydrogen-bond donors (Lipinski definition) is 2. The quantitative estimate of drug-likeness (QED) is 0.195. The standard InChI is InChI=1S/C32H31Cl2N5O5/c1-5-43-27-15-19(2)37-32-22(27)7-6-8-26(32)44-18-23-24(33)11-12-25(31(23)34)39(4)30(42)17-36-29(41)14-10-21-9-13-28(35-16-21)38-20(3)40/h6-16H,5,17-18H2,1-4H3,(H,36,41)(H,35,38,40)/b14-10+. The molecule has 4 aromatic rings. The van der Waals surface area contributed by atoms with Crippen LogP contribution in [0, 0.1) is 6.92 Å². The second-order valence-corrected chi connectivity index (χ2v) is 10.4. The van der Waals surface area contributed by atoms with Gasteiger partial charge in [0.25, 0.3) is 0 Å². The molecule has 2 heterocycles. The highest BCUT2D eigenvalue weighted by Crippen LogP contribution is 2.36. The summed E-state index contributed by atoms with van der Waals surface area (Å²) >= 11 is 13.2. The highest BCUT2D eigenvalue weighted by molar-refractivity contribution is 6.38. The predicted octanol–water partition coefficient (Wildman–Crippen LogP) is 5.97. The molecular formula is C32H31Cl2N5O5. The molecule has 0 unspecified atom stereocenters. The zero-order valence-corrected chi connectivity index (χ0v) is 26.1. The number of fused-ring (bicyclic) bond motifs is 1. The number of aryl methyl sites for hydroxylation is 1. The predicted molar refractivity (Wildman–Crippen MR) is 172 cm³/mol. The van der Waals surface area contributed by atoms with Gasteiger partial charge < -0.3 is 25.0 Å². The van der Waals surface area contributed by atoms with Crippen molar-refractivity contribution in [2.45, 2.75) is 27.4 Å². The molecule has 0 saturated carbocycles. The van der Waals surface area contributed by atoms with E-state index in [1.165, 1.54) is 24.1 Å². The maximum Gasteiger partial charge on any atom is 0.246 e. The van der Waals surface area contributed by atoms with E-state index in [1.807, 2.05) is 32.0 Å². The van der Waals surface area contributed by atoms with Gasteiger partial charge in [-0.1, -0.05) is 29.3 Å². The van der Waals surface area contributed by atoms with E-state index in [4.69, 9.17) is 32.7 Å². The van der Waals surface area contributed by atoms with E-state index < -0.39 is 11.8 Å². The van der Waals surface area contributed by atoms with Crippen LogP contribution < -0.4 is 25.0 Å². The van der Waals surface area contributed by atoms with Crippen LogP contribution in [0.4, 0.5) is 11.5 Å². The van der Waals surface area contributed by atoms with Gasteiger partial charge in [0.1, 0.15) is 29.4 Å². The molecule has 0 saturated heterocycles. The Morgan fingerprint density at radius 3 is 2.55 bits per heavy atom. The number of amides is 3. The van der Waals surface area contributed by atoms with Crippen molar-refractivity contribution >= 4 is 69.4 Å². The lowest BCUT2D eigenvalue weighted by Gasteiger charge is -2.21.